The van der Waals surface area contributed by atoms with Crippen LogP contribution < -0.4 is 10.1 Å². The Morgan fingerprint density at radius 1 is 1.00 bits per heavy atom. The molecular formula is C28H32N4O3. The summed E-state index contributed by atoms with van der Waals surface area (Å²) in [6.07, 6.45) is 3.32. The SMILES string of the molecule is CN(CCc1ccccc1)C(=O)CN1CCCCCOc2ccccc2Nc2cccc(n2)C1=O. The molecule has 0 unspecified atom stereocenters. The van der Waals surface area contributed by atoms with Crippen molar-refractivity contribution in [2.24, 2.45) is 0 Å². The van der Waals surface area contributed by atoms with Crippen molar-refractivity contribution in [2.75, 3.05) is 38.6 Å². The van der Waals surface area contributed by atoms with Crippen LogP contribution in [-0.4, -0.2) is 59.9 Å². The molecule has 0 atom stereocenters. The molecule has 0 saturated heterocycles. The Labute approximate surface area is 206 Å². The number of carbonyl (C=O) groups is 2. The van der Waals surface area contributed by atoms with E-state index in [2.05, 4.69) is 22.4 Å². The second-order valence-corrected chi connectivity index (χ2v) is 8.72. The van der Waals surface area contributed by atoms with Crippen molar-refractivity contribution < 1.29 is 14.3 Å². The molecule has 4 rings (SSSR count). The van der Waals surface area contributed by atoms with Crippen molar-refractivity contribution in [1.29, 1.82) is 0 Å². The van der Waals surface area contributed by atoms with Gasteiger partial charge in [-0.15, -0.1) is 0 Å². The van der Waals surface area contributed by atoms with Crippen LogP contribution >= 0.6 is 0 Å². The zero-order chi connectivity index (χ0) is 24.5. The second kappa shape index (κ2) is 12.0. The normalized spacial score (nSPS) is 14.2. The molecule has 1 aromatic heterocycles. The molecule has 1 aliphatic rings. The highest BCUT2D eigenvalue weighted by molar-refractivity contribution is 5.95. The molecule has 1 N–H and O–H groups in total. The highest BCUT2D eigenvalue weighted by Crippen LogP contribution is 2.27. The average molecular weight is 473 g/mol. The molecule has 0 aliphatic carbocycles. The number of ether oxygens (including phenoxy) is 1. The molecule has 2 aromatic carbocycles. The van der Waals surface area contributed by atoms with Crippen molar-refractivity contribution in [3.05, 3.63) is 84.1 Å². The molecule has 7 heteroatoms. The van der Waals surface area contributed by atoms with Crippen LogP contribution in [0.5, 0.6) is 5.75 Å². The Bertz CT molecular complexity index is 1140. The summed E-state index contributed by atoms with van der Waals surface area (Å²) < 4.78 is 5.98. The summed E-state index contributed by atoms with van der Waals surface area (Å²) in [5.74, 6) is 0.992. The lowest BCUT2D eigenvalue weighted by atomic mass is 10.1. The molecule has 182 valence electrons. The van der Waals surface area contributed by atoms with Crippen molar-refractivity contribution in [3.63, 3.8) is 0 Å². The standard InChI is InChI=1S/C28H32N4O3/c1-31(19-17-22-11-4-2-5-12-22)27(33)21-32-18-8-3-9-20-35-25-15-7-6-13-23(25)29-26-16-10-14-24(30-26)28(32)34/h2,4-7,10-16H,3,8-9,17-21H2,1H3,(H,29,30). The van der Waals surface area contributed by atoms with Gasteiger partial charge in [0.15, 0.2) is 0 Å². The van der Waals surface area contributed by atoms with Crippen LogP contribution in [0.25, 0.3) is 0 Å². The highest BCUT2D eigenvalue weighted by atomic mass is 16.5. The number of rotatable bonds is 5. The molecule has 0 saturated carbocycles. The third kappa shape index (κ3) is 6.82. The number of para-hydroxylation sites is 2. The van der Waals surface area contributed by atoms with Gasteiger partial charge in [0, 0.05) is 20.1 Å². The lowest BCUT2D eigenvalue weighted by Gasteiger charge is -2.25. The minimum absolute atomic E-state index is 0.0305. The first-order chi connectivity index (χ1) is 17.1. The zero-order valence-corrected chi connectivity index (χ0v) is 20.2. The largest absolute Gasteiger partial charge is 0.491 e. The van der Waals surface area contributed by atoms with Crippen molar-refractivity contribution in [3.8, 4) is 5.75 Å². The van der Waals surface area contributed by atoms with E-state index in [1.54, 1.807) is 29.0 Å². The van der Waals surface area contributed by atoms with Gasteiger partial charge in [-0.3, -0.25) is 9.59 Å². The predicted octanol–water partition coefficient (Wildman–Crippen LogP) is 4.53. The van der Waals surface area contributed by atoms with Crippen molar-refractivity contribution >= 4 is 23.3 Å². The molecular weight excluding hydrogens is 440 g/mol. The summed E-state index contributed by atoms with van der Waals surface area (Å²) in [7, 11) is 1.79. The number of benzene rings is 2. The van der Waals surface area contributed by atoms with E-state index in [0.29, 0.717) is 31.2 Å². The van der Waals surface area contributed by atoms with Crippen LogP contribution in [0.4, 0.5) is 11.5 Å². The van der Waals surface area contributed by atoms with E-state index in [1.807, 2.05) is 48.5 Å². The second-order valence-electron chi connectivity index (χ2n) is 8.72. The number of carbonyl (C=O) groups excluding carboxylic acids is 2. The number of likely N-dealkylation sites (N-methyl/N-ethyl adjacent to an activating group) is 1. The summed E-state index contributed by atoms with van der Waals surface area (Å²) in [4.78, 5) is 34.2. The number of fused-ring (bicyclic) bond motifs is 3. The Kier molecular flexibility index (Phi) is 8.33. The maximum absolute atomic E-state index is 13.4. The number of pyridine rings is 1. The molecule has 1 aliphatic heterocycles. The van der Waals surface area contributed by atoms with E-state index < -0.39 is 0 Å². The van der Waals surface area contributed by atoms with Crippen LogP contribution in [0.2, 0.25) is 0 Å². The Balaban J connectivity index is 1.48. The average Bonchev–Trinajstić information content (AvgIpc) is 2.89. The summed E-state index contributed by atoms with van der Waals surface area (Å²) in [6.45, 7) is 1.70. The van der Waals surface area contributed by atoms with Gasteiger partial charge in [0.1, 0.15) is 23.8 Å². The number of aromatic nitrogens is 1. The molecule has 7 nitrogen and oxygen atoms in total. The van der Waals surface area contributed by atoms with E-state index in [0.717, 1.165) is 37.1 Å². The first kappa shape index (κ1) is 24.3. The van der Waals surface area contributed by atoms with Gasteiger partial charge in [-0.2, -0.15) is 0 Å². The topological polar surface area (TPSA) is 74.8 Å². The van der Waals surface area contributed by atoms with E-state index >= 15 is 0 Å². The fraction of sp³-hybridized carbons (Fsp3) is 0.321. The number of nitrogens with zero attached hydrogens (tertiary/aromatic N) is 3. The van der Waals surface area contributed by atoms with Gasteiger partial charge in [-0.1, -0.05) is 48.5 Å². The van der Waals surface area contributed by atoms with E-state index in [-0.39, 0.29) is 18.4 Å². The van der Waals surface area contributed by atoms with Crippen molar-refractivity contribution in [2.45, 2.75) is 25.7 Å². The summed E-state index contributed by atoms with van der Waals surface area (Å²) in [5.41, 5.74) is 2.29. The minimum atomic E-state index is -0.236. The molecule has 35 heavy (non-hydrogen) atoms. The monoisotopic (exact) mass is 472 g/mol. The summed E-state index contributed by atoms with van der Waals surface area (Å²) in [5, 5.41) is 3.26. The quantitative estimate of drug-likeness (QED) is 0.591. The first-order valence-electron chi connectivity index (χ1n) is 12.1. The number of hydrogen-bond acceptors (Lipinski definition) is 5. The lowest BCUT2D eigenvalue weighted by molar-refractivity contribution is -0.130. The Morgan fingerprint density at radius 2 is 1.80 bits per heavy atom. The molecule has 2 amide bonds. The number of nitrogens with one attached hydrogen (secondary N) is 1. The third-order valence-corrected chi connectivity index (χ3v) is 6.07. The van der Waals surface area contributed by atoms with Crippen LogP contribution in [0.1, 0.15) is 35.3 Å². The Morgan fingerprint density at radius 3 is 2.66 bits per heavy atom. The van der Waals surface area contributed by atoms with Crippen LogP contribution in [0.3, 0.4) is 0 Å². The minimum Gasteiger partial charge on any atom is -0.491 e. The molecule has 2 bridgehead atoms. The van der Waals surface area contributed by atoms with Gasteiger partial charge in [0.05, 0.1) is 12.3 Å². The smallest absolute Gasteiger partial charge is 0.273 e. The van der Waals surface area contributed by atoms with E-state index in [1.165, 1.54) is 5.56 Å². The zero-order valence-electron chi connectivity index (χ0n) is 20.2. The van der Waals surface area contributed by atoms with Crippen LogP contribution in [-0.2, 0) is 11.2 Å². The summed E-state index contributed by atoms with van der Waals surface area (Å²) in [6, 6.07) is 23.1. The highest BCUT2D eigenvalue weighted by Gasteiger charge is 2.22. The van der Waals surface area contributed by atoms with Gasteiger partial charge < -0.3 is 19.9 Å². The predicted molar refractivity (Wildman–Crippen MR) is 137 cm³/mol. The fourth-order valence-electron chi connectivity index (χ4n) is 3.99. The van der Waals surface area contributed by atoms with Gasteiger partial charge in [-0.05, 0) is 55.5 Å². The number of amides is 2. The van der Waals surface area contributed by atoms with Crippen LogP contribution in [0, 0.1) is 0 Å². The van der Waals surface area contributed by atoms with Gasteiger partial charge in [-0.25, -0.2) is 4.98 Å². The van der Waals surface area contributed by atoms with E-state index in [9.17, 15) is 9.59 Å². The fourth-order valence-corrected chi connectivity index (χ4v) is 3.99. The first-order valence-corrected chi connectivity index (χ1v) is 12.1. The van der Waals surface area contributed by atoms with Gasteiger partial charge in [0.25, 0.3) is 5.91 Å². The molecule has 2 heterocycles. The number of hydrogen-bond donors (Lipinski definition) is 1. The molecule has 0 spiro atoms. The third-order valence-electron chi connectivity index (χ3n) is 6.07. The summed E-state index contributed by atoms with van der Waals surface area (Å²) >= 11 is 0. The molecule has 0 radical (unpaired) electrons. The maximum Gasteiger partial charge on any atom is 0.273 e. The van der Waals surface area contributed by atoms with E-state index in [4.69, 9.17) is 4.74 Å². The lowest BCUT2D eigenvalue weighted by Crippen LogP contribution is -2.42. The van der Waals surface area contributed by atoms with Gasteiger partial charge >= 0.3 is 0 Å². The number of anilines is 2. The molecule has 3 aromatic rings. The van der Waals surface area contributed by atoms with Crippen LogP contribution in [0.15, 0.2) is 72.8 Å². The van der Waals surface area contributed by atoms with Gasteiger partial charge in [0.2, 0.25) is 5.91 Å². The molecule has 0 fully saturated rings. The Hall–Kier alpha value is -3.87. The van der Waals surface area contributed by atoms with Crippen molar-refractivity contribution in [1.82, 2.24) is 14.8 Å². The maximum atomic E-state index is 13.4.